The van der Waals surface area contributed by atoms with E-state index in [1.807, 2.05) is 0 Å². The Hall–Kier alpha value is -1.62. The van der Waals surface area contributed by atoms with Crippen LogP contribution in [0.15, 0.2) is 23.8 Å². The van der Waals surface area contributed by atoms with Crippen molar-refractivity contribution in [3.8, 4) is 0 Å². The molecule has 134 valence electrons. The molecule has 0 radical (unpaired) electrons. The van der Waals surface area contributed by atoms with Crippen LogP contribution < -0.4 is 0 Å². The molecule has 0 bridgehead atoms. The Labute approximate surface area is 147 Å². The first kappa shape index (κ1) is 15.6. The maximum absolute atomic E-state index is 12.5. The van der Waals surface area contributed by atoms with Crippen LogP contribution in [0.5, 0.6) is 0 Å². The van der Waals surface area contributed by atoms with Crippen molar-refractivity contribution < 1.29 is 23.8 Å². The highest BCUT2D eigenvalue weighted by molar-refractivity contribution is 5.96. The van der Waals surface area contributed by atoms with Crippen molar-refractivity contribution in [2.45, 2.75) is 69.9 Å². The molecular weight excluding hydrogens is 320 g/mol. The average Bonchev–Trinajstić information content (AvgIpc) is 3.12. The second-order valence-corrected chi connectivity index (χ2v) is 8.86. The Morgan fingerprint density at radius 2 is 2.12 bits per heavy atom. The third-order valence-corrected chi connectivity index (χ3v) is 8.08. The average molecular weight is 344 g/mol. The molecule has 0 aromatic carbocycles. The van der Waals surface area contributed by atoms with E-state index in [-0.39, 0.29) is 22.9 Å². The number of esters is 2. The van der Waals surface area contributed by atoms with Gasteiger partial charge < -0.3 is 14.2 Å². The van der Waals surface area contributed by atoms with Gasteiger partial charge in [-0.15, -0.1) is 0 Å². The molecule has 2 aliphatic heterocycles. The van der Waals surface area contributed by atoms with E-state index >= 15 is 0 Å². The Bertz CT molecular complexity index is 783. The van der Waals surface area contributed by atoms with Crippen LogP contribution in [0, 0.1) is 17.3 Å². The molecule has 5 aliphatic rings. The zero-order valence-corrected chi connectivity index (χ0v) is 15.2. The lowest BCUT2D eigenvalue weighted by molar-refractivity contribution is -0.236. The van der Waals surface area contributed by atoms with Crippen molar-refractivity contribution in [3.63, 3.8) is 0 Å². The van der Waals surface area contributed by atoms with E-state index in [4.69, 9.17) is 14.2 Å². The summed E-state index contributed by atoms with van der Waals surface area (Å²) in [5.41, 5.74) is -1.45. The van der Waals surface area contributed by atoms with Crippen molar-refractivity contribution >= 4 is 11.9 Å². The van der Waals surface area contributed by atoms with Crippen molar-refractivity contribution in [3.05, 3.63) is 23.8 Å². The Morgan fingerprint density at radius 3 is 2.80 bits per heavy atom. The number of hydrogen-bond acceptors (Lipinski definition) is 5. The molecule has 3 aliphatic carbocycles. The SMILES string of the molecule is C=C1C(=O)O[C@]23[C@H]4[C@@H]5CC[C@@]4(C)O[C@]12[C@@H](OC(=O)/C(C)=C/C)C[C@@]53C. The lowest BCUT2D eigenvalue weighted by atomic mass is 9.44. The summed E-state index contributed by atoms with van der Waals surface area (Å²) in [7, 11) is 0. The van der Waals surface area contributed by atoms with Gasteiger partial charge in [0.05, 0.1) is 11.2 Å². The number of carbonyl (C=O) groups excluding carboxylic acids is 2. The number of hydrogen-bond donors (Lipinski definition) is 0. The standard InChI is InChI=1S/C20H24O5/c1-6-10(2)15(21)23-13-9-17(4)12-7-8-18(5)14(12)20(17)19(13,25-18)11(3)16(22)24-20/h6,12-14H,3,7-9H2,1-2,4-5H3/b10-6+/t12-,13-,14-,17-,18+,19-,20-/m0/s1. The van der Waals surface area contributed by atoms with E-state index < -0.39 is 23.3 Å². The summed E-state index contributed by atoms with van der Waals surface area (Å²) in [5.74, 6) is -0.162. The van der Waals surface area contributed by atoms with Crippen molar-refractivity contribution in [1.29, 1.82) is 0 Å². The second kappa shape index (κ2) is 4.03. The zero-order valence-electron chi connectivity index (χ0n) is 15.2. The van der Waals surface area contributed by atoms with Crippen molar-refractivity contribution in [1.82, 2.24) is 0 Å². The van der Waals surface area contributed by atoms with Crippen LogP contribution in [0.1, 0.15) is 47.0 Å². The molecule has 0 unspecified atom stereocenters. The molecular formula is C20H24O5. The van der Waals surface area contributed by atoms with Gasteiger partial charge in [-0.1, -0.05) is 19.6 Å². The molecule has 2 saturated heterocycles. The molecule has 7 atom stereocenters. The first-order valence-corrected chi connectivity index (χ1v) is 9.15. The highest BCUT2D eigenvalue weighted by Gasteiger charge is 2.97. The van der Waals surface area contributed by atoms with Crippen LogP contribution in [-0.2, 0) is 23.8 Å². The lowest BCUT2D eigenvalue weighted by Gasteiger charge is -2.60. The smallest absolute Gasteiger partial charge is 0.337 e. The van der Waals surface area contributed by atoms with Gasteiger partial charge in [-0.3, -0.25) is 0 Å². The van der Waals surface area contributed by atoms with Gasteiger partial charge in [0, 0.05) is 16.9 Å². The minimum atomic E-state index is -1.03. The van der Waals surface area contributed by atoms with Crippen molar-refractivity contribution in [2.75, 3.05) is 0 Å². The summed E-state index contributed by atoms with van der Waals surface area (Å²) in [6.07, 6.45) is 3.86. The summed E-state index contributed by atoms with van der Waals surface area (Å²) in [5, 5.41) is 0. The van der Waals surface area contributed by atoms with E-state index in [2.05, 4.69) is 20.4 Å². The van der Waals surface area contributed by atoms with Gasteiger partial charge in [0.15, 0.2) is 11.2 Å². The Kier molecular flexibility index (Phi) is 2.52. The quantitative estimate of drug-likeness (QED) is 0.569. The normalized spacial score (nSPS) is 54.9. The van der Waals surface area contributed by atoms with Crippen molar-refractivity contribution in [2.24, 2.45) is 17.3 Å². The lowest BCUT2D eigenvalue weighted by Crippen LogP contribution is -2.70. The van der Waals surface area contributed by atoms with Crippen LogP contribution in [0.2, 0.25) is 0 Å². The van der Waals surface area contributed by atoms with Gasteiger partial charge in [0.1, 0.15) is 6.10 Å². The monoisotopic (exact) mass is 344 g/mol. The zero-order chi connectivity index (χ0) is 18.0. The predicted octanol–water partition coefficient (Wildman–Crippen LogP) is 2.69. The fourth-order valence-electron chi connectivity index (χ4n) is 7.03. The molecule has 0 aromatic heterocycles. The number of rotatable bonds is 2. The topological polar surface area (TPSA) is 61.8 Å². The Balaban J connectivity index is 1.67. The Morgan fingerprint density at radius 1 is 1.40 bits per heavy atom. The van der Waals surface area contributed by atoms with Gasteiger partial charge >= 0.3 is 11.9 Å². The van der Waals surface area contributed by atoms with Crippen LogP contribution >= 0.6 is 0 Å². The first-order valence-electron chi connectivity index (χ1n) is 9.15. The van der Waals surface area contributed by atoms with E-state index in [0.29, 0.717) is 23.5 Å². The molecule has 5 fully saturated rings. The summed E-state index contributed by atoms with van der Waals surface area (Å²) in [6, 6.07) is 0. The predicted molar refractivity (Wildman–Crippen MR) is 88.4 cm³/mol. The maximum atomic E-state index is 12.5. The van der Waals surface area contributed by atoms with E-state index in [1.54, 1.807) is 19.9 Å². The fourth-order valence-corrected chi connectivity index (χ4v) is 7.03. The molecule has 3 saturated carbocycles. The third-order valence-electron chi connectivity index (χ3n) is 8.08. The van der Waals surface area contributed by atoms with Gasteiger partial charge in [-0.2, -0.15) is 0 Å². The number of carbonyl (C=O) groups is 2. The van der Waals surface area contributed by atoms with Crippen LogP contribution in [-0.4, -0.2) is 34.8 Å². The summed E-state index contributed by atoms with van der Waals surface area (Å²) in [6.45, 7) is 11.8. The highest BCUT2D eigenvalue weighted by Crippen LogP contribution is 2.86. The molecule has 25 heavy (non-hydrogen) atoms. The largest absolute Gasteiger partial charge is 0.455 e. The number of allylic oxidation sites excluding steroid dienone is 1. The minimum Gasteiger partial charge on any atom is -0.455 e. The van der Waals surface area contributed by atoms with E-state index in [1.165, 1.54) is 0 Å². The molecule has 5 heteroatoms. The van der Waals surface area contributed by atoms with Crippen LogP contribution in [0.3, 0.4) is 0 Å². The number of ether oxygens (including phenoxy) is 3. The molecule has 5 rings (SSSR count). The van der Waals surface area contributed by atoms with E-state index in [9.17, 15) is 9.59 Å². The summed E-state index contributed by atoms with van der Waals surface area (Å²) < 4.78 is 18.6. The molecule has 0 N–H and O–H groups in total. The van der Waals surface area contributed by atoms with Gasteiger partial charge in [-0.25, -0.2) is 9.59 Å². The number of fused-ring (bicyclic) bond motifs is 1. The second-order valence-electron chi connectivity index (χ2n) is 8.86. The fraction of sp³-hybridized carbons (Fsp3) is 0.700. The third kappa shape index (κ3) is 1.25. The van der Waals surface area contributed by atoms with E-state index in [0.717, 1.165) is 12.8 Å². The maximum Gasteiger partial charge on any atom is 0.337 e. The van der Waals surface area contributed by atoms with Gasteiger partial charge in [0.2, 0.25) is 0 Å². The molecule has 1 spiro atoms. The first-order chi connectivity index (χ1) is 11.7. The van der Waals surface area contributed by atoms with Gasteiger partial charge in [0.25, 0.3) is 0 Å². The van der Waals surface area contributed by atoms with Gasteiger partial charge in [-0.05, 0) is 46.0 Å². The molecule has 0 aromatic rings. The minimum absolute atomic E-state index is 0.166. The molecule has 5 nitrogen and oxygen atoms in total. The van der Waals surface area contributed by atoms with Crippen LogP contribution in [0.25, 0.3) is 0 Å². The summed E-state index contributed by atoms with van der Waals surface area (Å²) >= 11 is 0. The molecule has 2 heterocycles. The van der Waals surface area contributed by atoms with Crippen LogP contribution in [0.4, 0.5) is 0 Å². The molecule has 0 amide bonds. The summed E-state index contributed by atoms with van der Waals surface area (Å²) in [4.78, 5) is 25.0. The highest BCUT2D eigenvalue weighted by atomic mass is 16.7.